The van der Waals surface area contributed by atoms with E-state index in [9.17, 15) is 13.6 Å². The molecule has 2 rings (SSSR count). The summed E-state index contributed by atoms with van der Waals surface area (Å²) < 4.78 is 26.0. The normalized spacial score (nSPS) is 17.6. The van der Waals surface area contributed by atoms with Crippen molar-refractivity contribution >= 4 is 17.4 Å². The number of amides is 2. The van der Waals surface area contributed by atoms with Crippen molar-refractivity contribution < 1.29 is 18.4 Å². The number of anilines is 1. The lowest BCUT2D eigenvalue weighted by molar-refractivity contribution is 0.0870. The van der Waals surface area contributed by atoms with Crippen molar-refractivity contribution in [3.8, 4) is 0 Å². The number of nitrogens with zero attached hydrogens (tertiary/aromatic N) is 1. The van der Waals surface area contributed by atoms with Crippen LogP contribution in [-0.2, 0) is 4.84 Å². The summed E-state index contributed by atoms with van der Waals surface area (Å²) in [6.45, 7) is 2.09. The monoisotopic (exact) mass is 269 g/mol. The second-order valence-corrected chi connectivity index (χ2v) is 4.22. The second-order valence-electron chi connectivity index (χ2n) is 4.22. The Labute approximate surface area is 108 Å². The fourth-order valence-corrected chi connectivity index (χ4v) is 1.64. The molecule has 1 unspecified atom stereocenters. The number of nitrogens with one attached hydrogen (secondary N) is 2. The Hall–Kier alpha value is -2.18. The third-order valence-corrected chi connectivity index (χ3v) is 2.55. The van der Waals surface area contributed by atoms with Gasteiger partial charge < -0.3 is 15.5 Å². The molecule has 19 heavy (non-hydrogen) atoms. The Morgan fingerprint density at radius 1 is 1.53 bits per heavy atom. The minimum atomic E-state index is -0.827. The lowest BCUT2D eigenvalue weighted by atomic mass is 10.2. The molecule has 0 spiro atoms. The van der Waals surface area contributed by atoms with Crippen molar-refractivity contribution in [3.63, 3.8) is 0 Å². The summed E-state index contributed by atoms with van der Waals surface area (Å²) in [4.78, 5) is 16.5. The van der Waals surface area contributed by atoms with Crippen LogP contribution in [0, 0.1) is 11.6 Å². The van der Waals surface area contributed by atoms with E-state index in [1.165, 1.54) is 0 Å². The first-order valence-corrected chi connectivity index (χ1v) is 5.74. The van der Waals surface area contributed by atoms with E-state index in [1.54, 1.807) is 0 Å². The van der Waals surface area contributed by atoms with Crippen molar-refractivity contribution in [1.29, 1.82) is 0 Å². The zero-order valence-corrected chi connectivity index (χ0v) is 10.2. The Morgan fingerprint density at radius 2 is 2.32 bits per heavy atom. The summed E-state index contributed by atoms with van der Waals surface area (Å²) in [7, 11) is 0. The van der Waals surface area contributed by atoms with Gasteiger partial charge in [-0.05, 0) is 19.1 Å². The molecule has 102 valence electrons. The second kappa shape index (κ2) is 5.64. The molecule has 1 heterocycles. The van der Waals surface area contributed by atoms with Gasteiger partial charge in [0.15, 0.2) is 0 Å². The summed E-state index contributed by atoms with van der Waals surface area (Å²) in [5, 5.41) is 8.56. The maximum absolute atomic E-state index is 13.3. The molecule has 0 aromatic heterocycles. The van der Waals surface area contributed by atoms with Gasteiger partial charge >= 0.3 is 6.03 Å². The van der Waals surface area contributed by atoms with Gasteiger partial charge in [0.2, 0.25) is 0 Å². The van der Waals surface area contributed by atoms with Crippen LogP contribution in [0.15, 0.2) is 23.4 Å². The van der Waals surface area contributed by atoms with Crippen LogP contribution in [0.1, 0.15) is 13.3 Å². The molecule has 0 fully saturated rings. The number of carbonyl (C=O) groups is 1. The van der Waals surface area contributed by atoms with Gasteiger partial charge in [-0.3, -0.25) is 0 Å². The molecule has 1 aliphatic heterocycles. The number of urea groups is 1. The predicted octanol–water partition coefficient (Wildman–Crippen LogP) is 2.25. The fraction of sp³-hybridized carbons (Fsp3) is 0.333. The van der Waals surface area contributed by atoms with Gasteiger partial charge in [0.25, 0.3) is 0 Å². The van der Waals surface area contributed by atoms with E-state index in [0.29, 0.717) is 12.5 Å². The zero-order chi connectivity index (χ0) is 13.8. The minimum Gasteiger partial charge on any atom is -0.390 e. The number of carbonyl (C=O) groups excluding carboxylic acids is 1. The third kappa shape index (κ3) is 3.64. The molecule has 0 saturated carbocycles. The molecule has 1 aliphatic rings. The molecule has 0 bridgehead atoms. The minimum absolute atomic E-state index is 0.0846. The lowest BCUT2D eigenvalue weighted by Gasteiger charge is -2.11. The van der Waals surface area contributed by atoms with Gasteiger partial charge in [0.05, 0.1) is 17.9 Å². The average Bonchev–Trinajstić information content (AvgIpc) is 2.76. The number of rotatable bonds is 3. The topological polar surface area (TPSA) is 62.7 Å². The lowest BCUT2D eigenvalue weighted by Crippen LogP contribution is -2.35. The maximum Gasteiger partial charge on any atom is 0.319 e. The SMILES string of the molecule is CC1=NOC(CNC(=O)Nc2ccc(F)cc2F)C1. The van der Waals surface area contributed by atoms with Crippen LogP contribution in [0.2, 0.25) is 0 Å². The van der Waals surface area contributed by atoms with Crippen molar-refractivity contribution in [2.24, 2.45) is 5.16 Å². The molecule has 7 heteroatoms. The van der Waals surface area contributed by atoms with Crippen molar-refractivity contribution in [3.05, 3.63) is 29.8 Å². The fourth-order valence-electron chi connectivity index (χ4n) is 1.64. The maximum atomic E-state index is 13.3. The first kappa shape index (κ1) is 13.3. The van der Waals surface area contributed by atoms with E-state index in [2.05, 4.69) is 15.8 Å². The van der Waals surface area contributed by atoms with E-state index in [0.717, 1.165) is 17.8 Å². The standard InChI is InChI=1S/C12H13F2N3O2/c1-7-4-9(19-17-7)6-15-12(18)16-11-3-2-8(13)5-10(11)14/h2-3,5,9H,4,6H2,1H3,(H2,15,16,18). The highest BCUT2D eigenvalue weighted by Gasteiger charge is 2.18. The van der Waals surface area contributed by atoms with Crippen LogP contribution in [0.3, 0.4) is 0 Å². The van der Waals surface area contributed by atoms with Gasteiger partial charge in [0.1, 0.15) is 17.7 Å². The first-order chi connectivity index (χ1) is 9.04. The highest BCUT2D eigenvalue weighted by Crippen LogP contribution is 2.14. The molecule has 0 saturated heterocycles. The van der Waals surface area contributed by atoms with Gasteiger partial charge in [0, 0.05) is 12.5 Å². The molecule has 5 nitrogen and oxygen atoms in total. The highest BCUT2D eigenvalue weighted by molar-refractivity contribution is 5.89. The Kier molecular flexibility index (Phi) is 3.94. The van der Waals surface area contributed by atoms with Gasteiger partial charge in [-0.25, -0.2) is 13.6 Å². The molecule has 2 N–H and O–H groups in total. The van der Waals surface area contributed by atoms with Gasteiger partial charge in [-0.1, -0.05) is 5.16 Å². The van der Waals surface area contributed by atoms with Gasteiger partial charge in [-0.15, -0.1) is 0 Å². The molecule has 1 atom stereocenters. The van der Waals surface area contributed by atoms with Gasteiger partial charge in [-0.2, -0.15) is 0 Å². The van der Waals surface area contributed by atoms with Crippen LogP contribution in [0.4, 0.5) is 19.3 Å². The Bertz CT molecular complexity index is 520. The Morgan fingerprint density at radius 3 is 2.95 bits per heavy atom. The average molecular weight is 269 g/mol. The Balaban J connectivity index is 1.81. The van der Waals surface area contributed by atoms with Crippen LogP contribution in [0.25, 0.3) is 0 Å². The van der Waals surface area contributed by atoms with E-state index in [4.69, 9.17) is 4.84 Å². The van der Waals surface area contributed by atoms with Crippen LogP contribution in [0.5, 0.6) is 0 Å². The van der Waals surface area contributed by atoms with E-state index >= 15 is 0 Å². The summed E-state index contributed by atoms with van der Waals surface area (Å²) in [5.74, 6) is -1.53. The zero-order valence-electron chi connectivity index (χ0n) is 10.2. The first-order valence-electron chi connectivity index (χ1n) is 5.74. The number of hydrogen-bond acceptors (Lipinski definition) is 3. The van der Waals surface area contributed by atoms with Crippen LogP contribution < -0.4 is 10.6 Å². The van der Waals surface area contributed by atoms with Crippen molar-refractivity contribution in [1.82, 2.24) is 5.32 Å². The summed E-state index contributed by atoms with van der Waals surface area (Å²) >= 11 is 0. The molecular formula is C12H13F2N3O2. The molecule has 0 aliphatic carbocycles. The smallest absolute Gasteiger partial charge is 0.319 e. The number of benzene rings is 1. The molecule has 1 aromatic carbocycles. The molecule has 2 amide bonds. The summed E-state index contributed by atoms with van der Waals surface area (Å²) in [6, 6.07) is 2.34. The molecule has 1 aromatic rings. The molecular weight excluding hydrogens is 256 g/mol. The summed E-state index contributed by atoms with van der Waals surface area (Å²) in [6.07, 6.45) is 0.439. The van der Waals surface area contributed by atoms with Crippen LogP contribution >= 0.6 is 0 Å². The highest BCUT2D eigenvalue weighted by atomic mass is 19.1. The van der Waals surface area contributed by atoms with E-state index in [-0.39, 0.29) is 18.3 Å². The van der Waals surface area contributed by atoms with Crippen molar-refractivity contribution in [2.45, 2.75) is 19.4 Å². The number of halogens is 2. The van der Waals surface area contributed by atoms with E-state index < -0.39 is 17.7 Å². The summed E-state index contributed by atoms with van der Waals surface area (Å²) in [5.41, 5.74) is 0.774. The predicted molar refractivity (Wildman–Crippen MR) is 66.0 cm³/mol. The largest absolute Gasteiger partial charge is 0.390 e. The number of hydrogen-bond donors (Lipinski definition) is 2. The van der Waals surface area contributed by atoms with Crippen molar-refractivity contribution in [2.75, 3.05) is 11.9 Å². The number of oxime groups is 1. The third-order valence-electron chi connectivity index (χ3n) is 2.55. The van der Waals surface area contributed by atoms with Crippen LogP contribution in [-0.4, -0.2) is 24.4 Å². The molecule has 0 radical (unpaired) electrons. The van der Waals surface area contributed by atoms with E-state index in [1.807, 2.05) is 6.92 Å². The quantitative estimate of drug-likeness (QED) is 0.884.